The second-order valence-corrected chi connectivity index (χ2v) is 7.66. The topological polar surface area (TPSA) is 120 Å². The van der Waals surface area contributed by atoms with Crippen LogP contribution in [0.2, 0.25) is 0 Å². The molecular formula is C19H30F2N6O3. The van der Waals surface area contributed by atoms with Crippen LogP contribution in [-0.4, -0.2) is 72.0 Å². The van der Waals surface area contributed by atoms with Crippen molar-refractivity contribution in [2.75, 3.05) is 36.9 Å². The maximum atomic E-state index is 12.9. The highest BCUT2D eigenvalue weighted by atomic mass is 19.3. The number of carbonyl (C=O) groups is 1. The van der Waals surface area contributed by atoms with Gasteiger partial charge in [-0.05, 0) is 51.6 Å². The number of nitrogens with zero attached hydrogens (tertiary/aromatic N) is 2. The van der Waals surface area contributed by atoms with E-state index in [0.29, 0.717) is 24.2 Å². The lowest BCUT2D eigenvalue weighted by atomic mass is 9.93. The van der Waals surface area contributed by atoms with Crippen molar-refractivity contribution in [1.82, 2.24) is 20.6 Å². The molecule has 168 valence electrons. The van der Waals surface area contributed by atoms with Gasteiger partial charge in [0, 0.05) is 24.8 Å². The van der Waals surface area contributed by atoms with Crippen molar-refractivity contribution in [2.24, 2.45) is 0 Å². The molecule has 0 aromatic carbocycles. The molecule has 9 nitrogen and oxygen atoms in total. The molecule has 3 rings (SSSR count). The number of ether oxygens (including phenoxy) is 1. The fourth-order valence-corrected chi connectivity index (χ4v) is 3.70. The average Bonchev–Trinajstić information content (AvgIpc) is 2.73. The van der Waals surface area contributed by atoms with Crippen molar-refractivity contribution in [1.29, 1.82) is 0 Å². The summed E-state index contributed by atoms with van der Waals surface area (Å²) in [6.07, 6.45) is 5.80. The van der Waals surface area contributed by atoms with Gasteiger partial charge in [0.25, 0.3) is 5.91 Å². The molecule has 1 aliphatic heterocycles. The maximum absolute atomic E-state index is 12.9. The van der Waals surface area contributed by atoms with Gasteiger partial charge in [0.15, 0.2) is 0 Å². The van der Waals surface area contributed by atoms with E-state index < -0.39 is 6.61 Å². The number of hydrogen-bond donors (Lipinski definition) is 5. The minimum Gasteiger partial charge on any atom is -0.393 e. The van der Waals surface area contributed by atoms with Crippen molar-refractivity contribution < 1.29 is 23.4 Å². The zero-order chi connectivity index (χ0) is 21.3. The molecule has 11 heteroatoms. The molecule has 0 unspecified atom stereocenters. The van der Waals surface area contributed by atoms with Gasteiger partial charge in [-0.2, -0.15) is 13.8 Å². The van der Waals surface area contributed by atoms with Crippen LogP contribution in [0.3, 0.4) is 0 Å². The fourth-order valence-electron chi connectivity index (χ4n) is 3.70. The molecule has 0 atom stereocenters. The molecule has 1 saturated carbocycles. The standard InChI is InChI=1S/C19H30F2N6O3/c20-18(21)30-10-9-23-19-24-11-15(17(29)26-13-5-7-22-8-6-13)16(27-19)25-12-1-3-14(28)4-2-12/h11-14,18,22,28H,1-10H2,(H,26,29)(H2,23,24,25,27). The van der Waals surface area contributed by atoms with E-state index in [2.05, 4.69) is 36.0 Å². The van der Waals surface area contributed by atoms with Crippen LogP contribution in [0.4, 0.5) is 20.5 Å². The van der Waals surface area contributed by atoms with Crippen LogP contribution in [0.5, 0.6) is 0 Å². The van der Waals surface area contributed by atoms with Gasteiger partial charge in [0.1, 0.15) is 11.4 Å². The Morgan fingerprint density at radius 2 is 1.93 bits per heavy atom. The highest BCUT2D eigenvalue weighted by Gasteiger charge is 2.24. The van der Waals surface area contributed by atoms with Gasteiger partial charge >= 0.3 is 6.61 Å². The maximum Gasteiger partial charge on any atom is 0.345 e. The summed E-state index contributed by atoms with van der Waals surface area (Å²) in [5.74, 6) is 0.382. The lowest BCUT2D eigenvalue weighted by Crippen LogP contribution is -2.43. The average molecular weight is 428 g/mol. The largest absolute Gasteiger partial charge is 0.393 e. The number of anilines is 2. The van der Waals surface area contributed by atoms with E-state index in [1.807, 2.05) is 0 Å². The van der Waals surface area contributed by atoms with Crippen molar-refractivity contribution in [3.63, 3.8) is 0 Å². The Morgan fingerprint density at radius 3 is 2.63 bits per heavy atom. The molecule has 1 aromatic heterocycles. The summed E-state index contributed by atoms with van der Waals surface area (Å²) < 4.78 is 28.4. The zero-order valence-electron chi connectivity index (χ0n) is 16.9. The number of hydrogen-bond acceptors (Lipinski definition) is 8. The van der Waals surface area contributed by atoms with E-state index in [9.17, 15) is 18.7 Å². The molecule has 2 fully saturated rings. The molecule has 0 bridgehead atoms. The van der Waals surface area contributed by atoms with Gasteiger partial charge in [-0.25, -0.2) is 4.98 Å². The van der Waals surface area contributed by atoms with E-state index in [0.717, 1.165) is 38.8 Å². The number of amides is 1. The summed E-state index contributed by atoms with van der Waals surface area (Å²) in [7, 11) is 0. The second-order valence-electron chi connectivity index (χ2n) is 7.66. The van der Waals surface area contributed by atoms with Crippen LogP contribution in [0, 0.1) is 0 Å². The summed E-state index contributed by atoms with van der Waals surface area (Å²) in [5.41, 5.74) is 0.342. The molecule has 1 aliphatic carbocycles. The predicted molar refractivity (Wildman–Crippen MR) is 108 cm³/mol. The van der Waals surface area contributed by atoms with Gasteiger partial charge in [0.05, 0.1) is 12.7 Å². The molecule has 30 heavy (non-hydrogen) atoms. The molecule has 1 aromatic rings. The number of aliphatic hydroxyl groups is 1. The quantitative estimate of drug-likeness (QED) is 0.374. The summed E-state index contributed by atoms with van der Waals surface area (Å²) in [6, 6.07) is 0.185. The first-order valence-corrected chi connectivity index (χ1v) is 10.5. The number of alkyl halides is 2. The third kappa shape index (κ3) is 6.99. The number of halogens is 2. The molecule has 0 spiro atoms. The van der Waals surface area contributed by atoms with Crippen LogP contribution >= 0.6 is 0 Å². The predicted octanol–water partition coefficient (Wildman–Crippen LogP) is 1.32. The molecule has 0 radical (unpaired) electrons. The Morgan fingerprint density at radius 1 is 1.20 bits per heavy atom. The lowest BCUT2D eigenvalue weighted by molar-refractivity contribution is -0.125. The van der Waals surface area contributed by atoms with Crippen molar-refractivity contribution in [2.45, 2.75) is 63.3 Å². The van der Waals surface area contributed by atoms with Gasteiger partial charge < -0.3 is 31.1 Å². The van der Waals surface area contributed by atoms with Crippen LogP contribution in [0.15, 0.2) is 6.20 Å². The molecule has 1 saturated heterocycles. The summed E-state index contributed by atoms with van der Waals surface area (Å²) >= 11 is 0. The van der Waals surface area contributed by atoms with Crippen molar-refractivity contribution in [3.05, 3.63) is 11.8 Å². The number of rotatable bonds is 9. The van der Waals surface area contributed by atoms with Crippen LogP contribution < -0.4 is 21.3 Å². The number of nitrogens with one attached hydrogen (secondary N) is 4. The monoisotopic (exact) mass is 428 g/mol. The number of carbonyl (C=O) groups excluding carboxylic acids is 1. The normalized spacial score (nSPS) is 22.7. The van der Waals surface area contributed by atoms with Gasteiger partial charge in [-0.3, -0.25) is 4.79 Å². The van der Waals surface area contributed by atoms with Gasteiger partial charge in [0.2, 0.25) is 5.95 Å². The second kappa shape index (κ2) is 11.3. The smallest absolute Gasteiger partial charge is 0.345 e. The molecule has 2 aliphatic rings. The van der Waals surface area contributed by atoms with Crippen LogP contribution in [0.25, 0.3) is 0 Å². The van der Waals surface area contributed by atoms with E-state index >= 15 is 0 Å². The first kappa shape index (κ1) is 22.6. The minimum absolute atomic E-state index is 0.0868. The fraction of sp³-hybridized carbons (Fsp3) is 0.737. The summed E-state index contributed by atoms with van der Waals surface area (Å²) in [6.45, 7) is -1.18. The first-order chi connectivity index (χ1) is 14.5. The lowest BCUT2D eigenvalue weighted by Gasteiger charge is -2.28. The van der Waals surface area contributed by atoms with Crippen molar-refractivity contribution >= 4 is 17.7 Å². The summed E-state index contributed by atoms with van der Waals surface area (Å²) in [4.78, 5) is 21.4. The van der Waals surface area contributed by atoms with Crippen LogP contribution in [0.1, 0.15) is 48.9 Å². The zero-order valence-corrected chi connectivity index (χ0v) is 16.9. The van der Waals surface area contributed by atoms with E-state index in [1.54, 1.807) is 0 Å². The van der Waals surface area contributed by atoms with Gasteiger partial charge in [-0.15, -0.1) is 0 Å². The Bertz CT molecular complexity index is 682. The van der Waals surface area contributed by atoms with E-state index in [-0.39, 0.29) is 43.2 Å². The third-order valence-corrected chi connectivity index (χ3v) is 5.37. The van der Waals surface area contributed by atoms with Gasteiger partial charge in [-0.1, -0.05) is 0 Å². The Labute approximate surface area is 174 Å². The molecular weight excluding hydrogens is 398 g/mol. The third-order valence-electron chi connectivity index (χ3n) is 5.37. The summed E-state index contributed by atoms with van der Waals surface area (Å²) in [5, 5.41) is 22.2. The molecule has 2 heterocycles. The highest BCUT2D eigenvalue weighted by molar-refractivity contribution is 5.98. The first-order valence-electron chi connectivity index (χ1n) is 10.5. The van der Waals surface area contributed by atoms with E-state index in [4.69, 9.17) is 0 Å². The Hall–Kier alpha value is -2.11. The minimum atomic E-state index is -2.83. The highest BCUT2D eigenvalue weighted by Crippen LogP contribution is 2.24. The van der Waals surface area contributed by atoms with Crippen molar-refractivity contribution in [3.8, 4) is 0 Å². The van der Waals surface area contributed by atoms with E-state index in [1.165, 1.54) is 6.20 Å². The number of piperidine rings is 1. The SMILES string of the molecule is O=C(NC1CCNCC1)c1cnc(NCCOC(F)F)nc1NC1CCC(O)CC1. The molecule has 1 amide bonds. The molecule has 5 N–H and O–H groups in total. The Kier molecular flexibility index (Phi) is 8.52. The number of aliphatic hydroxyl groups excluding tert-OH is 1. The number of aromatic nitrogens is 2. The van der Waals surface area contributed by atoms with Crippen LogP contribution in [-0.2, 0) is 4.74 Å². The Balaban J connectivity index is 1.68.